The summed E-state index contributed by atoms with van der Waals surface area (Å²) < 4.78 is 37.2. The van der Waals surface area contributed by atoms with Gasteiger partial charge in [0.25, 0.3) is 0 Å². The van der Waals surface area contributed by atoms with Crippen LogP contribution in [0.4, 0.5) is 0 Å². The van der Waals surface area contributed by atoms with Crippen molar-refractivity contribution in [2.24, 2.45) is 0 Å². The first-order valence-corrected chi connectivity index (χ1v) is 16.7. The molecule has 28 heavy (non-hydrogen) atoms. The number of ether oxygens (including phenoxy) is 2. The second kappa shape index (κ2) is 8.69. The van der Waals surface area contributed by atoms with Gasteiger partial charge >= 0.3 is 7.12 Å². The average molecular weight is 424 g/mol. The number of hydrogen-bond donors (Lipinski definition) is 0. The molecule has 2 aliphatic rings. The van der Waals surface area contributed by atoms with E-state index in [1.165, 1.54) is 0 Å². The highest BCUT2D eigenvalue weighted by molar-refractivity contribution is 6.70. The third kappa shape index (κ3) is 5.54. The van der Waals surface area contributed by atoms with Gasteiger partial charge in [0, 0.05) is 7.11 Å². The number of hydrogen-bond acceptors (Lipinski definition) is 6. The third-order valence-corrected chi connectivity index (χ3v) is 6.64. The molecule has 5 unspecified atom stereocenters. The van der Waals surface area contributed by atoms with Crippen LogP contribution < -0.4 is 5.46 Å². The minimum atomic E-state index is -1.85. The maximum Gasteiger partial charge on any atom is 0.494 e. The summed E-state index contributed by atoms with van der Waals surface area (Å²) in [5.74, 6) is 0. The molecule has 0 saturated carbocycles. The van der Waals surface area contributed by atoms with Crippen LogP contribution in [0.5, 0.6) is 0 Å². The van der Waals surface area contributed by atoms with Gasteiger partial charge in [0.15, 0.2) is 22.9 Å². The molecule has 156 valence electrons. The molecule has 0 radical (unpaired) electrons. The lowest BCUT2D eigenvalue weighted by molar-refractivity contribution is -0.269. The number of rotatable bonds is 7. The van der Waals surface area contributed by atoms with Gasteiger partial charge in [-0.05, 0) is 44.7 Å². The van der Waals surface area contributed by atoms with E-state index in [1.54, 1.807) is 7.11 Å². The first-order valence-electron chi connectivity index (χ1n) is 9.93. The normalized spacial score (nSPS) is 31.1. The van der Waals surface area contributed by atoms with E-state index in [0.29, 0.717) is 6.61 Å². The molecule has 6 nitrogen and oxygen atoms in total. The fourth-order valence-electron chi connectivity index (χ4n) is 3.47. The Bertz CT molecular complexity index is 636. The SMILES string of the molecule is COC1OC(CO[Si](C)(C)C)C2OB(c3ccccc3)OC2C1O[Si](C)(C)C. The summed E-state index contributed by atoms with van der Waals surface area (Å²) in [6, 6.07) is 9.98. The van der Waals surface area contributed by atoms with Crippen molar-refractivity contribution in [2.75, 3.05) is 13.7 Å². The molecule has 1 aromatic rings. The second-order valence-electron chi connectivity index (χ2n) is 9.34. The Morgan fingerprint density at radius 1 is 0.929 bits per heavy atom. The van der Waals surface area contributed by atoms with E-state index in [9.17, 15) is 0 Å². The van der Waals surface area contributed by atoms with Crippen molar-refractivity contribution in [1.29, 1.82) is 0 Å². The second-order valence-corrected chi connectivity index (χ2v) is 18.3. The highest BCUT2D eigenvalue weighted by Crippen LogP contribution is 2.35. The van der Waals surface area contributed by atoms with Crippen LogP contribution in [0.2, 0.25) is 39.3 Å². The van der Waals surface area contributed by atoms with Gasteiger partial charge < -0.3 is 27.6 Å². The van der Waals surface area contributed by atoms with Crippen molar-refractivity contribution in [3.05, 3.63) is 30.3 Å². The molecule has 5 atom stereocenters. The van der Waals surface area contributed by atoms with Crippen molar-refractivity contribution in [1.82, 2.24) is 0 Å². The first kappa shape index (κ1) is 22.2. The van der Waals surface area contributed by atoms with E-state index in [-0.39, 0.29) is 24.4 Å². The molecule has 0 aliphatic carbocycles. The Kier molecular flexibility index (Phi) is 6.88. The molecular weight excluding hydrogens is 391 g/mol. The molecule has 2 heterocycles. The van der Waals surface area contributed by atoms with Crippen molar-refractivity contribution in [3.8, 4) is 0 Å². The van der Waals surface area contributed by atoms with Gasteiger partial charge in [-0.25, -0.2) is 0 Å². The minimum absolute atomic E-state index is 0.267. The summed E-state index contributed by atoms with van der Waals surface area (Å²) in [5.41, 5.74) is 0.988. The lowest BCUT2D eigenvalue weighted by Crippen LogP contribution is -2.61. The monoisotopic (exact) mass is 424 g/mol. The van der Waals surface area contributed by atoms with Gasteiger partial charge in [0.05, 0.1) is 12.7 Å². The van der Waals surface area contributed by atoms with Crippen molar-refractivity contribution >= 4 is 29.2 Å². The molecule has 0 amide bonds. The molecule has 0 aromatic heterocycles. The van der Waals surface area contributed by atoms with Crippen LogP contribution in [-0.4, -0.2) is 68.2 Å². The molecule has 0 N–H and O–H groups in total. The lowest BCUT2D eigenvalue weighted by Gasteiger charge is -2.44. The first-order chi connectivity index (χ1) is 13.1. The zero-order valence-electron chi connectivity index (χ0n) is 18.0. The van der Waals surface area contributed by atoms with Crippen LogP contribution in [0.15, 0.2) is 30.3 Å². The van der Waals surface area contributed by atoms with Gasteiger partial charge in [-0.1, -0.05) is 30.3 Å². The van der Waals surface area contributed by atoms with Crippen molar-refractivity contribution in [3.63, 3.8) is 0 Å². The average Bonchev–Trinajstić information content (AvgIpc) is 3.05. The molecule has 9 heteroatoms. The molecule has 0 bridgehead atoms. The third-order valence-electron chi connectivity index (χ3n) is 4.63. The fraction of sp³-hybridized carbons (Fsp3) is 0.684. The molecule has 0 spiro atoms. The van der Waals surface area contributed by atoms with Gasteiger partial charge in [-0.3, -0.25) is 0 Å². The lowest BCUT2D eigenvalue weighted by atomic mass is 9.79. The van der Waals surface area contributed by atoms with Gasteiger partial charge in [0.1, 0.15) is 18.3 Å². The predicted octanol–water partition coefficient (Wildman–Crippen LogP) is 2.61. The van der Waals surface area contributed by atoms with E-state index in [0.717, 1.165) is 5.46 Å². The molecule has 1 aromatic carbocycles. The Morgan fingerprint density at radius 3 is 2.14 bits per heavy atom. The van der Waals surface area contributed by atoms with E-state index < -0.39 is 30.0 Å². The quantitative estimate of drug-likeness (QED) is 0.628. The van der Waals surface area contributed by atoms with E-state index >= 15 is 0 Å². The van der Waals surface area contributed by atoms with Crippen LogP contribution >= 0.6 is 0 Å². The van der Waals surface area contributed by atoms with E-state index in [4.69, 9.17) is 27.6 Å². The highest BCUT2D eigenvalue weighted by atomic mass is 28.4. The van der Waals surface area contributed by atoms with Crippen LogP contribution in [0.3, 0.4) is 0 Å². The molecule has 2 fully saturated rings. The minimum Gasteiger partial charge on any atom is -0.415 e. The number of methoxy groups -OCH3 is 1. The van der Waals surface area contributed by atoms with Gasteiger partial charge in [-0.15, -0.1) is 0 Å². The Labute approximate surface area is 171 Å². The van der Waals surface area contributed by atoms with Crippen LogP contribution in [-0.2, 0) is 27.6 Å². The van der Waals surface area contributed by atoms with Crippen LogP contribution in [0, 0.1) is 0 Å². The van der Waals surface area contributed by atoms with Gasteiger partial charge in [0.2, 0.25) is 0 Å². The molecule has 2 saturated heterocycles. The van der Waals surface area contributed by atoms with Crippen molar-refractivity contribution < 1.29 is 27.6 Å². The summed E-state index contributed by atoms with van der Waals surface area (Å²) in [7, 11) is -2.35. The zero-order chi connectivity index (χ0) is 20.5. The zero-order valence-corrected chi connectivity index (χ0v) is 20.0. The summed E-state index contributed by atoms with van der Waals surface area (Å²) in [6.45, 7) is 13.4. The van der Waals surface area contributed by atoms with Crippen LogP contribution in [0.1, 0.15) is 0 Å². The summed E-state index contributed by atoms with van der Waals surface area (Å²) in [4.78, 5) is 0. The Hall–Kier alpha value is -0.521. The predicted molar refractivity (Wildman–Crippen MR) is 115 cm³/mol. The largest absolute Gasteiger partial charge is 0.494 e. The van der Waals surface area contributed by atoms with E-state index in [1.807, 2.05) is 30.3 Å². The Morgan fingerprint density at radius 2 is 1.57 bits per heavy atom. The topological polar surface area (TPSA) is 55.4 Å². The molecule has 2 aliphatic heterocycles. The number of fused-ring (bicyclic) bond motifs is 1. The highest BCUT2D eigenvalue weighted by Gasteiger charge is 2.56. The smallest absolute Gasteiger partial charge is 0.415 e. The van der Waals surface area contributed by atoms with Crippen LogP contribution in [0.25, 0.3) is 0 Å². The number of benzene rings is 1. The molecular formula is C19H33BO6Si2. The Balaban J connectivity index is 1.84. The van der Waals surface area contributed by atoms with Crippen molar-refractivity contribution in [2.45, 2.75) is 70.0 Å². The van der Waals surface area contributed by atoms with Gasteiger partial charge in [-0.2, -0.15) is 0 Å². The summed E-state index contributed by atoms with van der Waals surface area (Å²) in [6.07, 6.45) is -1.66. The summed E-state index contributed by atoms with van der Waals surface area (Å²) in [5, 5.41) is 0. The standard InChI is InChI=1S/C19H33BO6Si2/c1-21-19-18(26-28(5,6)7)17-16(15(23-19)13-22-27(2,3)4)24-20(25-17)14-11-9-8-10-12-14/h8-12,15-19H,13H2,1-7H3. The van der Waals surface area contributed by atoms with E-state index in [2.05, 4.69) is 39.3 Å². The maximum atomic E-state index is 6.43. The maximum absolute atomic E-state index is 6.43. The summed E-state index contributed by atoms with van der Waals surface area (Å²) >= 11 is 0. The molecule has 3 rings (SSSR count). The fourth-order valence-corrected chi connectivity index (χ4v) is 5.20.